The van der Waals surface area contributed by atoms with Gasteiger partial charge < -0.3 is 4.42 Å². The molecular weight excluding hydrogens is 432 g/mol. The fourth-order valence-electron chi connectivity index (χ4n) is 3.45. The van der Waals surface area contributed by atoms with Crippen LogP contribution in [0.5, 0.6) is 0 Å². The molecule has 1 amide bonds. The van der Waals surface area contributed by atoms with E-state index in [1.54, 1.807) is 22.3 Å². The Balaban J connectivity index is 1.36. The Labute approximate surface area is 186 Å². The lowest BCUT2D eigenvalue weighted by molar-refractivity contribution is -0.130. The Morgan fingerprint density at radius 2 is 2.13 bits per heavy atom. The SMILES string of the molecule is Cc1ccccc1-n1nnnc1SCC(=O)N1N=C(c2cccs2)CC1c1ccco1. The first-order chi connectivity index (χ1) is 15.2. The van der Waals surface area contributed by atoms with Crippen LogP contribution in [0.15, 0.2) is 74.8 Å². The van der Waals surface area contributed by atoms with Crippen molar-refractivity contribution in [1.29, 1.82) is 0 Å². The molecule has 0 N–H and O–H groups in total. The van der Waals surface area contributed by atoms with Crippen molar-refractivity contribution in [3.8, 4) is 5.69 Å². The molecule has 3 aromatic heterocycles. The van der Waals surface area contributed by atoms with Crippen LogP contribution < -0.4 is 0 Å². The summed E-state index contributed by atoms with van der Waals surface area (Å²) < 4.78 is 7.25. The lowest BCUT2D eigenvalue weighted by Gasteiger charge is -2.19. The number of carbonyl (C=O) groups excluding carboxylic acids is 1. The second-order valence-electron chi connectivity index (χ2n) is 6.95. The van der Waals surface area contributed by atoms with Crippen molar-refractivity contribution in [2.75, 3.05) is 5.75 Å². The van der Waals surface area contributed by atoms with Gasteiger partial charge in [-0.15, -0.1) is 16.4 Å². The molecule has 156 valence electrons. The van der Waals surface area contributed by atoms with Gasteiger partial charge in [0.05, 0.1) is 28.3 Å². The highest BCUT2D eigenvalue weighted by atomic mass is 32.2. The number of hydrogen-bond acceptors (Lipinski definition) is 8. The summed E-state index contributed by atoms with van der Waals surface area (Å²) in [5.41, 5.74) is 2.82. The zero-order chi connectivity index (χ0) is 21.2. The van der Waals surface area contributed by atoms with E-state index in [0.29, 0.717) is 11.6 Å². The summed E-state index contributed by atoms with van der Waals surface area (Å²) in [6.07, 6.45) is 2.23. The van der Waals surface area contributed by atoms with Crippen LogP contribution in [0.25, 0.3) is 5.69 Å². The van der Waals surface area contributed by atoms with Crippen LogP contribution in [0, 0.1) is 6.92 Å². The molecule has 4 heterocycles. The molecule has 0 spiro atoms. The summed E-state index contributed by atoms with van der Waals surface area (Å²) in [6, 6.07) is 15.3. The molecule has 31 heavy (non-hydrogen) atoms. The van der Waals surface area contributed by atoms with Gasteiger partial charge in [-0.05, 0) is 52.6 Å². The van der Waals surface area contributed by atoms with Gasteiger partial charge in [-0.3, -0.25) is 4.79 Å². The van der Waals surface area contributed by atoms with Crippen molar-refractivity contribution in [2.45, 2.75) is 24.5 Å². The van der Waals surface area contributed by atoms with Crippen LogP contribution in [0.3, 0.4) is 0 Å². The Morgan fingerprint density at radius 1 is 1.23 bits per heavy atom. The molecule has 0 aliphatic carbocycles. The van der Waals surface area contributed by atoms with Crippen molar-refractivity contribution in [3.63, 3.8) is 0 Å². The zero-order valence-electron chi connectivity index (χ0n) is 16.6. The van der Waals surface area contributed by atoms with Gasteiger partial charge in [-0.25, -0.2) is 5.01 Å². The van der Waals surface area contributed by atoms with E-state index >= 15 is 0 Å². The van der Waals surface area contributed by atoms with Crippen molar-refractivity contribution in [3.05, 3.63) is 76.4 Å². The van der Waals surface area contributed by atoms with E-state index in [9.17, 15) is 4.79 Å². The minimum absolute atomic E-state index is 0.128. The molecule has 8 nitrogen and oxygen atoms in total. The maximum atomic E-state index is 13.2. The number of amides is 1. The fraction of sp³-hybridized carbons (Fsp3) is 0.190. The minimum atomic E-state index is -0.257. The molecular formula is C21H18N6O2S2. The molecule has 0 fully saturated rings. The topological polar surface area (TPSA) is 89.4 Å². The molecule has 0 saturated carbocycles. The van der Waals surface area contributed by atoms with Gasteiger partial charge in [0.1, 0.15) is 11.8 Å². The normalized spacial score (nSPS) is 16.0. The van der Waals surface area contributed by atoms with E-state index in [0.717, 1.165) is 27.6 Å². The second-order valence-corrected chi connectivity index (χ2v) is 8.84. The van der Waals surface area contributed by atoms with Crippen LogP contribution in [-0.2, 0) is 4.79 Å². The molecule has 1 unspecified atom stereocenters. The van der Waals surface area contributed by atoms with Crippen LogP contribution >= 0.6 is 23.1 Å². The molecule has 1 aliphatic rings. The number of para-hydroxylation sites is 1. The van der Waals surface area contributed by atoms with E-state index in [1.165, 1.54) is 16.8 Å². The van der Waals surface area contributed by atoms with Gasteiger partial charge >= 0.3 is 0 Å². The Hall–Kier alpha value is -3.24. The molecule has 0 radical (unpaired) electrons. The van der Waals surface area contributed by atoms with E-state index in [2.05, 4.69) is 20.6 Å². The van der Waals surface area contributed by atoms with Gasteiger partial charge in [0, 0.05) is 6.42 Å². The second kappa shape index (κ2) is 8.48. The third-order valence-electron chi connectivity index (χ3n) is 4.95. The predicted molar refractivity (Wildman–Crippen MR) is 118 cm³/mol. The first-order valence-electron chi connectivity index (χ1n) is 9.64. The Kier molecular flexibility index (Phi) is 5.39. The van der Waals surface area contributed by atoms with Crippen LogP contribution in [-0.4, -0.2) is 42.6 Å². The summed E-state index contributed by atoms with van der Waals surface area (Å²) in [7, 11) is 0. The average Bonchev–Trinajstić information content (AvgIpc) is 3.58. The van der Waals surface area contributed by atoms with E-state index in [-0.39, 0.29) is 17.7 Å². The number of nitrogens with zero attached hydrogens (tertiary/aromatic N) is 6. The number of aryl methyl sites for hydroxylation is 1. The first-order valence-corrected chi connectivity index (χ1v) is 11.5. The van der Waals surface area contributed by atoms with E-state index in [1.807, 2.05) is 60.8 Å². The minimum Gasteiger partial charge on any atom is -0.467 e. The van der Waals surface area contributed by atoms with Crippen molar-refractivity contribution in [2.24, 2.45) is 5.10 Å². The monoisotopic (exact) mass is 450 g/mol. The van der Waals surface area contributed by atoms with E-state index < -0.39 is 0 Å². The average molecular weight is 451 g/mol. The van der Waals surface area contributed by atoms with E-state index in [4.69, 9.17) is 4.42 Å². The van der Waals surface area contributed by atoms with Gasteiger partial charge in [-0.1, -0.05) is 36.0 Å². The molecule has 0 saturated heterocycles. The predicted octanol–water partition coefficient (Wildman–Crippen LogP) is 4.10. The van der Waals surface area contributed by atoms with Gasteiger partial charge in [0.2, 0.25) is 5.16 Å². The third-order valence-corrected chi connectivity index (χ3v) is 6.78. The largest absolute Gasteiger partial charge is 0.467 e. The number of benzene rings is 1. The zero-order valence-corrected chi connectivity index (χ0v) is 18.2. The molecule has 1 atom stereocenters. The summed E-state index contributed by atoms with van der Waals surface area (Å²) in [5, 5.41) is 20.7. The molecule has 4 aromatic rings. The highest BCUT2D eigenvalue weighted by molar-refractivity contribution is 7.99. The molecule has 0 bridgehead atoms. The summed E-state index contributed by atoms with van der Waals surface area (Å²) in [4.78, 5) is 14.2. The highest BCUT2D eigenvalue weighted by Gasteiger charge is 2.35. The smallest absolute Gasteiger partial charge is 0.253 e. The van der Waals surface area contributed by atoms with Crippen LogP contribution in [0.4, 0.5) is 0 Å². The van der Waals surface area contributed by atoms with Crippen molar-refractivity contribution < 1.29 is 9.21 Å². The number of hydrogen-bond donors (Lipinski definition) is 0. The lowest BCUT2D eigenvalue weighted by atomic mass is 10.1. The molecule has 10 heteroatoms. The van der Waals surface area contributed by atoms with Crippen LogP contribution in [0.2, 0.25) is 0 Å². The van der Waals surface area contributed by atoms with Gasteiger partial charge in [-0.2, -0.15) is 9.78 Å². The quantitative estimate of drug-likeness (QED) is 0.411. The van der Waals surface area contributed by atoms with Crippen molar-refractivity contribution >= 4 is 34.7 Å². The van der Waals surface area contributed by atoms with Gasteiger partial charge in [0.15, 0.2) is 0 Å². The number of rotatable bonds is 6. The Bertz CT molecular complexity index is 1220. The molecule has 1 aliphatic heterocycles. The first kappa shape index (κ1) is 19.7. The number of tetrazole rings is 1. The molecule has 1 aromatic carbocycles. The number of thioether (sulfide) groups is 1. The number of carbonyl (C=O) groups is 1. The number of aromatic nitrogens is 4. The number of hydrazone groups is 1. The fourth-order valence-corrected chi connectivity index (χ4v) is 4.91. The summed E-state index contributed by atoms with van der Waals surface area (Å²) >= 11 is 2.90. The molecule has 5 rings (SSSR count). The lowest BCUT2D eigenvalue weighted by Crippen LogP contribution is -2.28. The summed E-state index contributed by atoms with van der Waals surface area (Å²) in [5.74, 6) is 0.751. The maximum Gasteiger partial charge on any atom is 0.253 e. The van der Waals surface area contributed by atoms with Gasteiger partial charge in [0.25, 0.3) is 5.91 Å². The Morgan fingerprint density at radius 3 is 2.90 bits per heavy atom. The third kappa shape index (κ3) is 3.91. The highest BCUT2D eigenvalue weighted by Crippen LogP contribution is 2.34. The van der Waals surface area contributed by atoms with Crippen LogP contribution in [0.1, 0.15) is 28.7 Å². The number of thiophene rings is 1. The maximum absolute atomic E-state index is 13.2. The van der Waals surface area contributed by atoms with Crippen molar-refractivity contribution in [1.82, 2.24) is 25.2 Å². The summed E-state index contributed by atoms with van der Waals surface area (Å²) in [6.45, 7) is 2.00. The number of furan rings is 1. The standard InChI is InChI=1S/C21H18N6O2S2/c1-14-6-2-3-7-16(14)27-21(22-24-25-27)31-13-20(28)26-17(18-8-4-10-29-18)12-15(23-26)19-9-5-11-30-19/h2-11,17H,12-13H2,1H3.